The molecule has 7 heteroatoms. The maximum absolute atomic E-state index is 11.9. The number of carbonyl (C=O) groups is 2. The molecular weight excluding hydrogens is 402 g/mol. The highest BCUT2D eigenvalue weighted by Gasteiger charge is 2.14. The average Bonchev–Trinajstić information content (AvgIpc) is 2.75. The minimum absolute atomic E-state index is 0.340. The third-order valence-corrected chi connectivity index (χ3v) is 4.41. The van der Waals surface area contributed by atoms with E-state index in [0.717, 1.165) is 16.9 Å². The molecule has 0 aliphatic heterocycles. The summed E-state index contributed by atoms with van der Waals surface area (Å²) in [5.41, 5.74) is 5.55. The largest absolute Gasteiger partial charge is 0.489 e. The molecule has 30 heavy (non-hydrogen) atoms. The molecule has 0 saturated heterocycles. The van der Waals surface area contributed by atoms with Crippen LogP contribution in [0.15, 0.2) is 77.9 Å². The van der Waals surface area contributed by atoms with E-state index in [1.807, 2.05) is 37.3 Å². The van der Waals surface area contributed by atoms with Crippen molar-refractivity contribution in [3.05, 3.63) is 94.5 Å². The molecule has 0 bridgehead atoms. The van der Waals surface area contributed by atoms with Gasteiger partial charge >= 0.3 is 11.8 Å². The van der Waals surface area contributed by atoms with Crippen LogP contribution in [0.25, 0.3) is 0 Å². The lowest BCUT2D eigenvalue weighted by atomic mass is 10.1. The minimum atomic E-state index is -0.899. The summed E-state index contributed by atoms with van der Waals surface area (Å²) in [6.45, 7) is 2.52. The standard InChI is InChI=1S/C23H20ClN3O3/c1-16-5-4-6-18(13-16)15-30-19-11-9-17(10-12-19)14-25-27-23(29)22(28)26-21-8-3-2-7-20(21)24/h2-14H,15H2,1H3,(H,26,28)(H,27,29)/b25-14+. The molecule has 3 rings (SSSR count). The molecular formula is C23H20ClN3O3. The number of benzene rings is 3. The molecule has 152 valence electrons. The molecule has 0 aromatic heterocycles. The monoisotopic (exact) mass is 421 g/mol. The van der Waals surface area contributed by atoms with Crippen molar-refractivity contribution in [2.75, 3.05) is 5.32 Å². The second-order valence-electron chi connectivity index (χ2n) is 6.48. The second kappa shape index (κ2) is 10.2. The van der Waals surface area contributed by atoms with Crippen molar-refractivity contribution in [1.82, 2.24) is 5.43 Å². The number of rotatable bonds is 6. The van der Waals surface area contributed by atoms with E-state index < -0.39 is 11.8 Å². The molecule has 0 saturated carbocycles. The number of hydrogen-bond donors (Lipinski definition) is 2. The maximum Gasteiger partial charge on any atom is 0.329 e. The molecule has 0 heterocycles. The molecule has 0 aliphatic carbocycles. The third kappa shape index (κ3) is 6.18. The number of hydrazone groups is 1. The summed E-state index contributed by atoms with van der Waals surface area (Å²) in [5, 5.41) is 6.56. The van der Waals surface area contributed by atoms with Gasteiger partial charge in [0.15, 0.2) is 0 Å². The fourth-order valence-electron chi connectivity index (χ4n) is 2.58. The Morgan fingerprint density at radius 3 is 2.50 bits per heavy atom. The van der Waals surface area contributed by atoms with E-state index in [-0.39, 0.29) is 0 Å². The zero-order valence-corrected chi connectivity index (χ0v) is 17.0. The first kappa shape index (κ1) is 21.1. The van der Waals surface area contributed by atoms with Gasteiger partial charge in [0.2, 0.25) is 0 Å². The van der Waals surface area contributed by atoms with Gasteiger partial charge in [0.1, 0.15) is 12.4 Å². The molecule has 3 aromatic carbocycles. The van der Waals surface area contributed by atoms with Crippen molar-refractivity contribution in [3.63, 3.8) is 0 Å². The van der Waals surface area contributed by atoms with Gasteiger partial charge in [-0.15, -0.1) is 0 Å². The number of nitrogens with one attached hydrogen (secondary N) is 2. The predicted molar refractivity (Wildman–Crippen MR) is 118 cm³/mol. The first-order valence-corrected chi connectivity index (χ1v) is 9.56. The molecule has 0 radical (unpaired) electrons. The van der Waals surface area contributed by atoms with Crippen LogP contribution in [0.5, 0.6) is 5.75 Å². The van der Waals surface area contributed by atoms with Gasteiger partial charge in [-0.25, -0.2) is 5.43 Å². The number of halogens is 1. The Balaban J connectivity index is 1.48. The summed E-state index contributed by atoms with van der Waals surface area (Å²) in [6, 6.07) is 22.0. The number of hydrogen-bond acceptors (Lipinski definition) is 4. The van der Waals surface area contributed by atoms with Gasteiger partial charge in [0.05, 0.1) is 16.9 Å². The fraction of sp³-hybridized carbons (Fsp3) is 0.0870. The van der Waals surface area contributed by atoms with E-state index in [1.54, 1.807) is 36.4 Å². The lowest BCUT2D eigenvalue weighted by Crippen LogP contribution is -2.32. The van der Waals surface area contributed by atoms with Crippen molar-refractivity contribution >= 4 is 35.3 Å². The number of carbonyl (C=O) groups excluding carboxylic acids is 2. The van der Waals surface area contributed by atoms with Crippen LogP contribution in [-0.2, 0) is 16.2 Å². The van der Waals surface area contributed by atoms with Crippen LogP contribution < -0.4 is 15.5 Å². The Kier molecular flexibility index (Phi) is 7.19. The van der Waals surface area contributed by atoms with Gasteiger partial charge < -0.3 is 10.1 Å². The topological polar surface area (TPSA) is 79.8 Å². The van der Waals surface area contributed by atoms with Crippen LogP contribution in [0.2, 0.25) is 5.02 Å². The second-order valence-corrected chi connectivity index (χ2v) is 6.89. The summed E-state index contributed by atoms with van der Waals surface area (Å²) < 4.78 is 5.76. The van der Waals surface area contributed by atoms with E-state index >= 15 is 0 Å². The molecule has 0 spiro atoms. The molecule has 2 N–H and O–H groups in total. The number of anilines is 1. The van der Waals surface area contributed by atoms with Gasteiger partial charge in [-0.05, 0) is 54.4 Å². The molecule has 0 unspecified atom stereocenters. The van der Waals surface area contributed by atoms with Crippen LogP contribution in [0, 0.1) is 6.92 Å². The van der Waals surface area contributed by atoms with Gasteiger partial charge in [-0.3, -0.25) is 9.59 Å². The van der Waals surface area contributed by atoms with Crippen molar-refractivity contribution in [1.29, 1.82) is 0 Å². The quantitative estimate of drug-likeness (QED) is 0.353. The normalized spacial score (nSPS) is 10.6. The first-order chi connectivity index (χ1) is 14.5. The van der Waals surface area contributed by atoms with Crippen molar-refractivity contribution < 1.29 is 14.3 Å². The lowest BCUT2D eigenvalue weighted by molar-refractivity contribution is -0.136. The first-order valence-electron chi connectivity index (χ1n) is 9.18. The Bertz CT molecular complexity index is 1070. The molecule has 6 nitrogen and oxygen atoms in total. The number of nitrogens with zero attached hydrogens (tertiary/aromatic N) is 1. The highest BCUT2D eigenvalue weighted by molar-refractivity contribution is 6.41. The molecule has 0 atom stereocenters. The summed E-state index contributed by atoms with van der Waals surface area (Å²) in [7, 11) is 0. The highest BCUT2D eigenvalue weighted by Crippen LogP contribution is 2.20. The molecule has 3 aromatic rings. The number of para-hydroxylation sites is 1. The van der Waals surface area contributed by atoms with E-state index in [1.165, 1.54) is 11.8 Å². The Morgan fingerprint density at radius 1 is 1.00 bits per heavy atom. The van der Waals surface area contributed by atoms with Crippen LogP contribution in [0.4, 0.5) is 5.69 Å². The van der Waals surface area contributed by atoms with Gasteiger partial charge in [0, 0.05) is 0 Å². The third-order valence-electron chi connectivity index (χ3n) is 4.08. The summed E-state index contributed by atoms with van der Waals surface area (Å²) in [4.78, 5) is 23.7. The van der Waals surface area contributed by atoms with Gasteiger partial charge in [-0.2, -0.15) is 5.10 Å². The number of aryl methyl sites for hydroxylation is 1. The van der Waals surface area contributed by atoms with E-state index in [0.29, 0.717) is 17.3 Å². The fourth-order valence-corrected chi connectivity index (χ4v) is 2.76. The van der Waals surface area contributed by atoms with Crippen LogP contribution in [0.3, 0.4) is 0 Å². The lowest BCUT2D eigenvalue weighted by Gasteiger charge is -2.07. The average molecular weight is 422 g/mol. The summed E-state index contributed by atoms with van der Waals surface area (Å²) >= 11 is 5.95. The van der Waals surface area contributed by atoms with E-state index in [2.05, 4.69) is 21.9 Å². The Morgan fingerprint density at radius 2 is 1.77 bits per heavy atom. The Hall–Kier alpha value is -3.64. The van der Waals surface area contributed by atoms with E-state index in [9.17, 15) is 9.59 Å². The van der Waals surface area contributed by atoms with Crippen LogP contribution in [-0.4, -0.2) is 18.0 Å². The SMILES string of the molecule is Cc1cccc(COc2ccc(/C=N/NC(=O)C(=O)Nc3ccccc3Cl)cc2)c1. The summed E-state index contributed by atoms with van der Waals surface area (Å²) in [6.07, 6.45) is 1.44. The van der Waals surface area contributed by atoms with Crippen molar-refractivity contribution in [2.45, 2.75) is 13.5 Å². The zero-order valence-electron chi connectivity index (χ0n) is 16.3. The summed E-state index contributed by atoms with van der Waals surface area (Å²) in [5.74, 6) is -1.04. The van der Waals surface area contributed by atoms with Crippen molar-refractivity contribution in [2.24, 2.45) is 5.10 Å². The van der Waals surface area contributed by atoms with E-state index in [4.69, 9.17) is 16.3 Å². The highest BCUT2D eigenvalue weighted by atomic mass is 35.5. The van der Waals surface area contributed by atoms with Crippen molar-refractivity contribution in [3.8, 4) is 5.75 Å². The van der Waals surface area contributed by atoms with Gasteiger partial charge in [-0.1, -0.05) is 53.6 Å². The predicted octanol–water partition coefficient (Wildman–Crippen LogP) is 4.32. The Labute approximate surface area is 179 Å². The van der Waals surface area contributed by atoms with Gasteiger partial charge in [0.25, 0.3) is 0 Å². The molecule has 0 fully saturated rings. The minimum Gasteiger partial charge on any atom is -0.489 e. The van der Waals surface area contributed by atoms with Crippen LogP contribution >= 0.6 is 11.6 Å². The number of amides is 2. The zero-order chi connectivity index (χ0) is 21.3. The number of ether oxygens (including phenoxy) is 1. The molecule has 2 amide bonds. The smallest absolute Gasteiger partial charge is 0.329 e. The maximum atomic E-state index is 11.9. The van der Waals surface area contributed by atoms with Crippen LogP contribution in [0.1, 0.15) is 16.7 Å². The molecule has 0 aliphatic rings.